The van der Waals surface area contributed by atoms with Gasteiger partial charge in [-0.05, 0) is 42.5 Å². The number of para-hydroxylation sites is 1. The maximum atomic E-state index is 13.8. The number of anilines is 1. The number of amides is 1. The zero-order chi connectivity index (χ0) is 21.6. The summed E-state index contributed by atoms with van der Waals surface area (Å²) in [4.78, 5) is 21.4. The molecule has 1 amide bonds. The predicted octanol–water partition coefficient (Wildman–Crippen LogP) is 6.65. The molecule has 0 saturated heterocycles. The number of benzene rings is 3. The van der Waals surface area contributed by atoms with Crippen LogP contribution in [0.3, 0.4) is 0 Å². The molecule has 4 rings (SSSR count). The van der Waals surface area contributed by atoms with Crippen LogP contribution in [0.4, 0.5) is 5.13 Å². The van der Waals surface area contributed by atoms with Gasteiger partial charge in [-0.25, -0.2) is 4.98 Å². The lowest BCUT2D eigenvalue weighted by molar-refractivity contribution is 0.0982. The molecule has 0 saturated carbocycles. The van der Waals surface area contributed by atoms with Crippen LogP contribution in [-0.4, -0.2) is 23.3 Å². The van der Waals surface area contributed by atoms with Crippen molar-refractivity contribution in [2.45, 2.75) is 25.3 Å². The van der Waals surface area contributed by atoms with Crippen molar-refractivity contribution in [3.8, 4) is 5.75 Å². The number of carbonyl (C=O) groups is 1. The van der Waals surface area contributed by atoms with E-state index < -0.39 is 0 Å². The van der Waals surface area contributed by atoms with Crippen molar-refractivity contribution in [3.05, 3.63) is 83.9 Å². The molecule has 0 unspecified atom stereocenters. The number of thiazole rings is 1. The van der Waals surface area contributed by atoms with Crippen LogP contribution in [0.15, 0.2) is 77.7 Å². The van der Waals surface area contributed by atoms with Crippen molar-refractivity contribution in [3.63, 3.8) is 0 Å². The van der Waals surface area contributed by atoms with Crippen LogP contribution in [0, 0.1) is 0 Å². The summed E-state index contributed by atoms with van der Waals surface area (Å²) in [5, 5.41) is 0.673. The first-order valence-electron chi connectivity index (χ1n) is 10.3. The number of fused-ring (bicyclic) bond motifs is 1. The van der Waals surface area contributed by atoms with E-state index >= 15 is 0 Å². The average molecular weight is 449 g/mol. The summed E-state index contributed by atoms with van der Waals surface area (Å²) >= 11 is 3.19. The topological polar surface area (TPSA) is 42.4 Å². The first-order valence-corrected chi connectivity index (χ1v) is 12.1. The summed E-state index contributed by atoms with van der Waals surface area (Å²) < 4.78 is 6.77. The third kappa shape index (κ3) is 4.75. The number of hydrogen-bond donors (Lipinski definition) is 0. The molecule has 0 fully saturated rings. The van der Waals surface area contributed by atoms with E-state index in [4.69, 9.17) is 9.72 Å². The van der Waals surface area contributed by atoms with E-state index in [0.29, 0.717) is 23.8 Å². The van der Waals surface area contributed by atoms with Crippen LogP contribution in [0.1, 0.15) is 29.8 Å². The van der Waals surface area contributed by atoms with E-state index in [-0.39, 0.29) is 5.91 Å². The first kappa shape index (κ1) is 21.4. The molecule has 0 aliphatic carbocycles. The summed E-state index contributed by atoms with van der Waals surface area (Å²) in [5.74, 6) is 1.61. The van der Waals surface area contributed by atoms with Crippen molar-refractivity contribution in [2.75, 3.05) is 17.3 Å². The van der Waals surface area contributed by atoms with Gasteiger partial charge in [0.2, 0.25) is 0 Å². The highest BCUT2D eigenvalue weighted by Gasteiger charge is 2.24. The standard InChI is InChI=1S/C25H24N2O2S2/c1-3-29-20-14-10-16-22-23(20)26-25(31-22)27(17-18-11-6-5-7-12-18)24(28)19-13-8-9-15-21(19)30-4-2/h5-16H,3-4,17H2,1-2H3. The number of aromatic nitrogens is 1. The number of hydrogen-bond acceptors (Lipinski definition) is 5. The van der Waals surface area contributed by atoms with Gasteiger partial charge >= 0.3 is 0 Å². The van der Waals surface area contributed by atoms with Crippen LogP contribution < -0.4 is 9.64 Å². The summed E-state index contributed by atoms with van der Waals surface area (Å²) in [6, 6.07) is 23.7. The Balaban J connectivity index is 1.79. The molecule has 0 spiro atoms. The second-order valence-electron chi connectivity index (χ2n) is 6.84. The van der Waals surface area contributed by atoms with E-state index in [9.17, 15) is 4.79 Å². The Labute approximate surface area is 190 Å². The van der Waals surface area contributed by atoms with Crippen molar-refractivity contribution in [1.82, 2.24) is 4.98 Å². The molecule has 0 radical (unpaired) electrons. The van der Waals surface area contributed by atoms with Gasteiger partial charge in [0.05, 0.1) is 23.4 Å². The predicted molar refractivity (Wildman–Crippen MR) is 131 cm³/mol. The molecule has 1 aromatic heterocycles. The lowest BCUT2D eigenvalue weighted by Crippen LogP contribution is -2.30. The van der Waals surface area contributed by atoms with Gasteiger partial charge in [0.1, 0.15) is 11.3 Å². The van der Waals surface area contributed by atoms with Gasteiger partial charge in [-0.15, -0.1) is 11.8 Å². The number of thioether (sulfide) groups is 1. The second kappa shape index (κ2) is 9.98. The molecule has 3 aromatic carbocycles. The van der Waals surface area contributed by atoms with Crippen LogP contribution in [0.2, 0.25) is 0 Å². The Hall–Kier alpha value is -2.83. The zero-order valence-corrected chi connectivity index (χ0v) is 19.2. The Bertz CT molecular complexity index is 1170. The lowest BCUT2D eigenvalue weighted by Gasteiger charge is -2.21. The third-order valence-corrected chi connectivity index (χ3v) is 6.75. The second-order valence-corrected chi connectivity index (χ2v) is 9.15. The third-order valence-electron chi connectivity index (χ3n) is 4.75. The molecule has 158 valence electrons. The summed E-state index contributed by atoms with van der Waals surface area (Å²) in [6.07, 6.45) is 0. The molecule has 31 heavy (non-hydrogen) atoms. The van der Waals surface area contributed by atoms with Crippen molar-refractivity contribution >= 4 is 44.4 Å². The summed E-state index contributed by atoms with van der Waals surface area (Å²) in [6.45, 7) is 5.07. The van der Waals surface area contributed by atoms with Gasteiger partial charge in [-0.2, -0.15) is 0 Å². The SMILES string of the molecule is CCOc1cccc2sc(N(Cc3ccccc3)C(=O)c3ccccc3SCC)nc12. The monoisotopic (exact) mass is 448 g/mol. The van der Waals surface area contributed by atoms with Gasteiger partial charge in [0, 0.05) is 4.90 Å². The smallest absolute Gasteiger partial charge is 0.261 e. The van der Waals surface area contributed by atoms with E-state index in [1.807, 2.05) is 79.7 Å². The molecule has 0 bridgehead atoms. The number of ether oxygens (including phenoxy) is 1. The van der Waals surface area contributed by atoms with Crippen LogP contribution in [0.5, 0.6) is 5.75 Å². The summed E-state index contributed by atoms with van der Waals surface area (Å²) in [5.41, 5.74) is 2.56. The van der Waals surface area contributed by atoms with E-state index in [2.05, 4.69) is 6.92 Å². The van der Waals surface area contributed by atoms with Crippen molar-refractivity contribution < 1.29 is 9.53 Å². The number of rotatable bonds is 8. The minimum atomic E-state index is -0.0441. The lowest BCUT2D eigenvalue weighted by atomic mass is 10.1. The fourth-order valence-corrected chi connectivity index (χ4v) is 5.14. The Kier molecular flexibility index (Phi) is 6.89. The molecule has 0 N–H and O–H groups in total. The van der Waals surface area contributed by atoms with Gasteiger partial charge < -0.3 is 4.74 Å². The minimum Gasteiger partial charge on any atom is -0.492 e. The Morgan fingerprint density at radius 1 is 1.00 bits per heavy atom. The molecular weight excluding hydrogens is 424 g/mol. The quantitative estimate of drug-likeness (QED) is 0.283. The highest BCUT2D eigenvalue weighted by atomic mass is 32.2. The largest absolute Gasteiger partial charge is 0.492 e. The number of carbonyl (C=O) groups excluding carboxylic acids is 1. The fourth-order valence-electron chi connectivity index (χ4n) is 3.36. The maximum absolute atomic E-state index is 13.8. The van der Waals surface area contributed by atoms with Gasteiger partial charge in [-0.3, -0.25) is 9.69 Å². The molecule has 6 heteroatoms. The molecule has 0 atom stereocenters. The Morgan fingerprint density at radius 2 is 1.77 bits per heavy atom. The van der Waals surface area contributed by atoms with E-state index in [1.165, 1.54) is 11.3 Å². The summed E-state index contributed by atoms with van der Waals surface area (Å²) in [7, 11) is 0. The highest BCUT2D eigenvalue weighted by Crippen LogP contribution is 2.36. The normalized spacial score (nSPS) is 10.9. The van der Waals surface area contributed by atoms with Crippen LogP contribution in [-0.2, 0) is 6.54 Å². The van der Waals surface area contributed by atoms with Crippen LogP contribution in [0.25, 0.3) is 10.2 Å². The van der Waals surface area contributed by atoms with Crippen LogP contribution >= 0.6 is 23.1 Å². The average Bonchev–Trinajstić information content (AvgIpc) is 3.24. The first-order chi connectivity index (χ1) is 15.2. The fraction of sp³-hybridized carbons (Fsp3) is 0.200. The molecule has 0 aliphatic heterocycles. The zero-order valence-electron chi connectivity index (χ0n) is 17.6. The molecule has 0 aliphatic rings. The minimum absolute atomic E-state index is 0.0441. The van der Waals surface area contributed by atoms with E-state index in [1.54, 1.807) is 16.7 Å². The van der Waals surface area contributed by atoms with Gasteiger partial charge in [0.25, 0.3) is 5.91 Å². The molecule has 4 nitrogen and oxygen atoms in total. The molecule has 1 heterocycles. The Morgan fingerprint density at radius 3 is 2.55 bits per heavy atom. The van der Waals surface area contributed by atoms with Crippen molar-refractivity contribution in [2.24, 2.45) is 0 Å². The highest BCUT2D eigenvalue weighted by molar-refractivity contribution is 7.99. The van der Waals surface area contributed by atoms with Gasteiger partial charge in [0.15, 0.2) is 5.13 Å². The number of nitrogens with zero attached hydrogens (tertiary/aromatic N) is 2. The van der Waals surface area contributed by atoms with Gasteiger partial charge in [-0.1, -0.05) is 66.8 Å². The maximum Gasteiger partial charge on any atom is 0.261 e. The molecular formula is C25H24N2O2S2. The molecule has 4 aromatic rings. The van der Waals surface area contributed by atoms with E-state index in [0.717, 1.165) is 32.2 Å². The van der Waals surface area contributed by atoms with Crippen molar-refractivity contribution in [1.29, 1.82) is 0 Å².